The molecule has 0 atom stereocenters. The largest absolute Gasteiger partial charge is 0.366 e. The van der Waals surface area contributed by atoms with E-state index in [2.05, 4.69) is 15.8 Å². The molecule has 0 unspecified atom stereocenters. The number of nitrogens with two attached hydrogens (primary N) is 2. The fraction of sp³-hybridized carbons (Fsp3) is 0.333. The lowest BCUT2D eigenvalue weighted by Gasteiger charge is -1.99. The highest BCUT2D eigenvalue weighted by Gasteiger charge is 1.91. The minimum Gasteiger partial charge on any atom is -0.366 e. The van der Waals surface area contributed by atoms with Gasteiger partial charge in [-0.25, -0.2) is 0 Å². The van der Waals surface area contributed by atoms with Gasteiger partial charge in [-0.15, -0.1) is 5.10 Å². The predicted octanol–water partition coefficient (Wildman–Crippen LogP) is -1.76. The molecule has 0 aromatic rings. The summed E-state index contributed by atoms with van der Waals surface area (Å²) in [5.74, 6) is 4.01. The first kappa shape index (κ1) is 7.54. The zero-order chi connectivity index (χ0) is 7.28. The average Bonchev–Trinajstić information content (AvgIpc) is 1.83. The molecular weight excluding hydrogens is 124 g/mol. The topological polar surface area (TPSA) is 103 Å². The second-order valence-electron chi connectivity index (χ2n) is 1.21. The Morgan fingerprint density at radius 3 is 2.67 bits per heavy atom. The summed E-state index contributed by atoms with van der Waals surface area (Å²) in [7, 11) is 0. The predicted molar refractivity (Wildman–Crippen MR) is 30.7 cm³/mol. The Balaban J connectivity index is 3.39. The molecule has 0 aliphatic heterocycles. The van der Waals surface area contributed by atoms with Crippen LogP contribution in [-0.2, 0) is 9.63 Å². The molecule has 52 valence electrons. The second kappa shape index (κ2) is 3.53. The summed E-state index contributed by atoms with van der Waals surface area (Å²) in [4.78, 5) is 14.2. The lowest BCUT2D eigenvalue weighted by atomic mass is 10.8. The molecule has 0 rings (SSSR count). The molecule has 0 aromatic carbocycles. The van der Waals surface area contributed by atoms with Crippen molar-refractivity contribution < 1.29 is 9.63 Å². The average molecular weight is 132 g/mol. The molecule has 0 saturated carbocycles. The normalized spacial score (nSPS) is 10.6. The van der Waals surface area contributed by atoms with Crippen LogP contribution >= 0.6 is 0 Å². The summed E-state index contributed by atoms with van der Waals surface area (Å²) in [6.07, 6.45) is 0. The second-order valence-corrected chi connectivity index (χ2v) is 1.21. The molecular formula is C3H8N4O2. The summed E-state index contributed by atoms with van der Waals surface area (Å²) in [5.41, 5.74) is 6.94. The molecule has 0 aliphatic rings. The summed E-state index contributed by atoms with van der Waals surface area (Å²) in [6, 6.07) is 0. The van der Waals surface area contributed by atoms with Crippen molar-refractivity contribution in [1.82, 2.24) is 5.48 Å². The van der Waals surface area contributed by atoms with Crippen LogP contribution < -0.4 is 17.1 Å². The number of hydrogen-bond donors (Lipinski definition) is 3. The number of guanidine groups is 1. The van der Waals surface area contributed by atoms with Gasteiger partial charge in [-0.3, -0.25) is 4.79 Å². The zero-order valence-electron chi connectivity index (χ0n) is 4.92. The molecule has 0 amide bonds. The number of nitrogens with zero attached hydrogens (tertiary/aromatic N) is 1. The molecule has 5 N–H and O–H groups in total. The van der Waals surface area contributed by atoms with Gasteiger partial charge in [0, 0.05) is 6.92 Å². The van der Waals surface area contributed by atoms with Crippen molar-refractivity contribution in [2.24, 2.45) is 16.7 Å². The molecule has 6 heteroatoms. The van der Waals surface area contributed by atoms with E-state index in [4.69, 9.17) is 5.73 Å². The van der Waals surface area contributed by atoms with Crippen LogP contribution in [0.4, 0.5) is 0 Å². The van der Waals surface area contributed by atoms with Crippen LogP contribution in [0.1, 0.15) is 6.92 Å². The number of nitrogens with one attached hydrogen (secondary N) is 1. The first-order valence-electron chi connectivity index (χ1n) is 2.13. The third kappa shape index (κ3) is 4.39. The highest BCUT2D eigenvalue weighted by molar-refractivity contribution is 5.78. The van der Waals surface area contributed by atoms with Crippen LogP contribution in [0.15, 0.2) is 5.10 Å². The fourth-order valence-corrected chi connectivity index (χ4v) is 0.151. The Bertz CT molecular complexity index is 132. The Labute approximate surface area is 51.8 Å². The third-order valence-corrected chi connectivity index (χ3v) is 0.438. The van der Waals surface area contributed by atoms with Gasteiger partial charge in [-0.1, -0.05) is 0 Å². The Morgan fingerprint density at radius 2 is 2.33 bits per heavy atom. The van der Waals surface area contributed by atoms with E-state index in [1.807, 2.05) is 5.48 Å². The maximum absolute atomic E-state index is 10.0. The highest BCUT2D eigenvalue weighted by atomic mass is 16.7. The summed E-state index contributed by atoms with van der Waals surface area (Å²) in [5, 5.41) is 2.97. The van der Waals surface area contributed by atoms with E-state index in [9.17, 15) is 4.79 Å². The number of hydrogen-bond acceptors (Lipinski definition) is 4. The van der Waals surface area contributed by atoms with Gasteiger partial charge < -0.3 is 16.4 Å². The fourth-order valence-electron chi connectivity index (χ4n) is 0.151. The van der Waals surface area contributed by atoms with Crippen LogP contribution in [0.5, 0.6) is 0 Å². The van der Waals surface area contributed by atoms with Gasteiger partial charge in [0.2, 0.25) is 5.96 Å². The van der Waals surface area contributed by atoms with Gasteiger partial charge in [-0.2, -0.15) is 5.48 Å². The van der Waals surface area contributed by atoms with Crippen LogP contribution in [0.2, 0.25) is 0 Å². The van der Waals surface area contributed by atoms with E-state index in [0.717, 1.165) is 0 Å². The summed E-state index contributed by atoms with van der Waals surface area (Å²) < 4.78 is 0. The van der Waals surface area contributed by atoms with E-state index in [-0.39, 0.29) is 5.96 Å². The van der Waals surface area contributed by atoms with Crippen molar-refractivity contribution in [1.29, 1.82) is 0 Å². The highest BCUT2D eigenvalue weighted by Crippen LogP contribution is 1.65. The lowest BCUT2D eigenvalue weighted by Crippen LogP contribution is -2.33. The maximum Gasteiger partial charge on any atom is 0.329 e. The summed E-state index contributed by atoms with van der Waals surface area (Å²) in [6.45, 7) is 1.22. The SMILES string of the molecule is CC(=O)ONC(N)=NN. The van der Waals surface area contributed by atoms with E-state index >= 15 is 0 Å². The van der Waals surface area contributed by atoms with Crippen molar-refractivity contribution in [3.63, 3.8) is 0 Å². The van der Waals surface area contributed by atoms with Gasteiger partial charge in [0.05, 0.1) is 0 Å². The molecule has 0 fully saturated rings. The third-order valence-electron chi connectivity index (χ3n) is 0.438. The van der Waals surface area contributed by atoms with Crippen LogP contribution in [0.25, 0.3) is 0 Å². The molecule has 0 heterocycles. The monoisotopic (exact) mass is 132 g/mol. The Morgan fingerprint density at radius 1 is 1.78 bits per heavy atom. The maximum atomic E-state index is 10.0. The van der Waals surface area contributed by atoms with Crippen LogP contribution in [0, 0.1) is 0 Å². The first-order valence-corrected chi connectivity index (χ1v) is 2.13. The van der Waals surface area contributed by atoms with Gasteiger partial charge in [0.1, 0.15) is 0 Å². The quantitative estimate of drug-likeness (QED) is 0.157. The molecule has 6 nitrogen and oxygen atoms in total. The van der Waals surface area contributed by atoms with E-state index in [0.29, 0.717) is 0 Å². The number of hydrazone groups is 1. The smallest absolute Gasteiger partial charge is 0.329 e. The molecule has 0 aromatic heterocycles. The van der Waals surface area contributed by atoms with Gasteiger partial charge >= 0.3 is 5.97 Å². The van der Waals surface area contributed by atoms with Crippen molar-refractivity contribution in [3.8, 4) is 0 Å². The minimum atomic E-state index is -0.512. The number of hydroxylamine groups is 1. The number of carbonyl (C=O) groups is 1. The molecule has 0 saturated heterocycles. The Kier molecular flexibility index (Phi) is 2.96. The van der Waals surface area contributed by atoms with Crippen LogP contribution in [0.3, 0.4) is 0 Å². The van der Waals surface area contributed by atoms with Gasteiger partial charge in [0.15, 0.2) is 0 Å². The molecule has 0 aliphatic carbocycles. The van der Waals surface area contributed by atoms with Crippen molar-refractivity contribution in [3.05, 3.63) is 0 Å². The molecule has 0 bridgehead atoms. The molecule has 9 heavy (non-hydrogen) atoms. The zero-order valence-corrected chi connectivity index (χ0v) is 4.92. The number of rotatable bonds is 0. The standard InChI is InChI=1S/C3H8N4O2/c1-2(8)9-7-3(4)6-5/h5H2,1H3,(H3,4,6,7). The lowest BCUT2D eigenvalue weighted by molar-refractivity contribution is -0.145. The van der Waals surface area contributed by atoms with Crippen LogP contribution in [-0.4, -0.2) is 11.9 Å². The molecule has 0 radical (unpaired) electrons. The molecule has 0 spiro atoms. The minimum absolute atomic E-state index is 0.148. The van der Waals surface area contributed by atoms with E-state index < -0.39 is 5.97 Å². The van der Waals surface area contributed by atoms with E-state index in [1.165, 1.54) is 6.92 Å². The van der Waals surface area contributed by atoms with Crippen molar-refractivity contribution >= 4 is 11.9 Å². The van der Waals surface area contributed by atoms with Gasteiger partial charge in [-0.05, 0) is 0 Å². The van der Waals surface area contributed by atoms with Crippen molar-refractivity contribution in [2.75, 3.05) is 0 Å². The van der Waals surface area contributed by atoms with E-state index in [1.54, 1.807) is 0 Å². The van der Waals surface area contributed by atoms with Crippen molar-refractivity contribution in [2.45, 2.75) is 6.92 Å². The Hall–Kier alpha value is -1.46. The number of carbonyl (C=O) groups excluding carboxylic acids is 1. The summed E-state index contributed by atoms with van der Waals surface area (Å²) >= 11 is 0. The van der Waals surface area contributed by atoms with Gasteiger partial charge in [0.25, 0.3) is 0 Å². The first-order chi connectivity index (χ1) is 4.16.